The van der Waals surface area contributed by atoms with Gasteiger partial charge in [0.25, 0.3) is 7.82 Å². The van der Waals surface area contributed by atoms with Gasteiger partial charge in [0, 0.05) is 24.4 Å². The summed E-state index contributed by atoms with van der Waals surface area (Å²) < 4.78 is 26.6. The van der Waals surface area contributed by atoms with E-state index in [1.807, 2.05) is 48.5 Å². The molecule has 1 atom stereocenters. The molecule has 3 aromatic rings. The number of pyridine rings is 1. The van der Waals surface area contributed by atoms with Crippen molar-refractivity contribution in [3.8, 4) is 16.9 Å². The lowest BCUT2D eigenvalue weighted by Crippen LogP contribution is -2.13. The van der Waals surface area contributed by atoms with Gasteiger partial charge in [-0.25, -0.2) is 0 Å². The highest BCUT2D eigenvalue weighted by Crippen LogP contribution is 2.39. The minimum atomic E-state index is -4.26. The lowest BCUT2D eigenvalue weighted by Gasteiger charge is -2.24. The van der Waals surface area contributed by atoms with Crippen molar-refractivity contribution < 1.29 is 28.0 Å². The number of methoxy groups -OCH3 is 1. The van der Waals surface area contributed by atoms with Gasteiger partial charge in [-0.15, -0.1) is 0 Å². The molecule has 0 N–H and O–H groups in total. The van der Waals surface area contributed by atoms with Crippen LogP contribution in [0.4, 0.5) is 0 Å². The first-order chi connectivity index (χ1) is 16.3. The van der Waals surface area contributed by atoms with Crippen molar-refractivity contribution >= 4 is 24.5 Å². The second-order valence-corrected chi connectivity index (χ2v) is 9.73. The molecule has 0 radical (unpaired) electrons. The minimum absolute atomic E-state index is 0.0519. The summed E-state index contributed by atoms with van der Waals surface area (Å²) in [6, 6.07) is 15.7. The van der Waals surface area contributed by atoms with Crippen molar-refractivity contribution in [1.82, 2.24) is 4.98 Å². The van der Waals surface area contributed by atoms with Crippen molar-refractivity contribution in [3.63, 3.8) is 0 Å². The second kappa shape index (κ2) is 12.2. The Hall–Kier alpha value is -2.57. The highest BCUT2D eigenvalue weighted by Gasteiger charge is 2.15. The summed E-state index contributed by atoms with van der Waals surface area (Å²) >= 11 is 0. The number of hydrogen-bond donors (Lipinski definition) is 0. The fourth-order valence-corrected chi connectivity index (χ4v) is 4.72. The third kappa shape index (κ3) is 7.47. The summed E-state index contributed by atoms with van der Waals surface area (Å²) in [6.07, 6.45) is 3.89. The molecule has 0 bridgehead atoms. The van der Waals surface area contributed by atoms with E-state index in [4.69, 9.17) is 13.8 Å². The van der Waals surface area contributed by atoms with Crippen LogP contribution in [0, 0.1) is 0 Å². The Labute approximate surface area is 200 Å². The molecule has 0 aliphatic heterocycles. The van der Waals surface area contributed by atoms with Gasteiger partial charge in [-0.05, 0) is 61.6 Å². The predicted molar refractivity (Wildman–Crippen MR) is 131 cm³/mol. The molecule has 8 heteroatoms. The van der Waals surface area contributed by atoms with E-state index in [9.17, 15) is 14.3 Å². The average Bonchev–Trinajstić information content (AvgIpc) is 2.80. The number of carbonyl (C=O) groups is 1. The predicted octanol–water partition coefficient (Wildman–Crippen LogP) is 5.49. The van der Waals surface area contributed by atoms with Crippen LogP contribution in [0.1, 0.15) is 45.1 Å². The Balaban J connectivity index is 1.63. The molecule has 0 aliphatic rings. The SMILES string of the molecule is COc1ccc2ncc(CC(=O)CCCCCOP(=O)([O-])OC(C)C)c(-c3ccccc3)c2c1. The first-order valence-corrected chi connectivity index (χ1v) is 12.9. The molecule has 3 rings (SSSR count). The Bertz CT molecular complexity index is 1150. The van der Waals surface area contributed by atoms with Crippen LogP contribution in [-0.2, 0) is 24.8 Å². The Morgan fingerprint density at radius 2 is 1.85 bits per heavy atom. The number of rotatable bonds is 13. The van der Waals surface area contributed by atoms with Gasteiger partial charge in [-0.3, -0.25) is 14.3 Å². The zero-order valence-corrected chi connectivity index (χ0v) is 20.8. The molecule has 2 aromatic carbocycles. The third-order valence-electron chi connectivity index (χ3n) is 5.29. The number of fused-ring (bicyclic) bond motifs is 1. The van der Waals surface area contributed by atoms with Crippen LogP contribution in [0.2, 0.25) is 0 Å². The van der Waals surface area contributed by atoms with Gasteiger partial charge in [0.1, 0.15) is 11.5 Å². The lowest BCUT2D eigenvalue weighted by molar-refractivity contribution is -0.228. The molecule has 34 heavy (non-hydrogen) atoms. The highest BCUT2D eigenvalue weighted by atomic mass is 31.2. The van der Waals surface area contributed by atoms with Crippen molar-refractivity contribution in [1.29, 1.82) is 0 Å². The molecule has 0 fully saturated rings. The maximum absolute atomic E-state index is 12.8. The van der Waals surface area contributed by atoms with E-state index in [-0.39, 0.29) is 18.8 Å². The van der Waals surface area contributed by atoms with Crippen LogP contribution >= 0.6 is 7.82 Å². The molecule has 182 valence electrons. The zero-order chi connectivity index (χ0) is 24.6. The molecule has 0 spiro atoms. The molecular weight excluding hydrogens is 453 g/mol. The van der Waals surface area contributed by atoms with E-state index in [0.717, 1.165) is 33.3 Å². The largest absolute Gasteiger partial charge is 0.756 e. The molecule has 7 nitrogen and oxygen atoms in total. The fourth-order valence-electron chi connectivity index (χ4n) is 3.79. The van der Waals surface area contributed by atoms with Crippen LogP contribution in [0.5, 0.6) is 5.75 Å². The summed E-state index contributed by atoms with van der Waals surface area (Å²) in [5.74, 6) is 0.846. The normalized spacial score (nSPS) is 13.2. The minimum Gasteiger partial charge on any atom is -0.756 e. The average molecular weight is 485 g/mol. The Kier molecular flexibility index (Phi) is 9.36. The zero-order valence-electron chi connectivity index (χ0n) is 19.9. The number of aromatic nitrogens is 1. The summed E-state index contributed by atoms with van der Waals surface area (Å²) in [5, 5.41) is 0.943. The van der Waals surface area contributed by atoms with Gasteiger partial charge in [-0.1, -0.05) is 36.8 Å². The van der Waals surface area contributed by atoms with Crippen molar-refractivity contribution in [2.24, 2.45) is 0 Å². The van der Waals surface area contributed by atoms with Gasteiger partial charge in [0.15, 0.2) is 0 Å². The number of nitrogens with zero attached hydrogens (tertiary/aromatic N) is 1. The topological polar surface area (TPSA) is 97.8 Å². The Morgan fingerprint density at radius 1 is 1.09 bits per heavy atom. The number of carbonyl (C=O) groups excluding carboxylic acids is 1. The number of phosphoric acid groups is 1. The molecule has 0 saturated heterocycles. The number of ether oxygens (including phenoxy) is 1. The van der Waals surface area contributed by atoms with Gasteiger partial charge in [-0.2, -0.15) is 0 Å². The molecular formula is C26H31NO6P-. The monoisotopic (exact) mass is 484 g/mol. The van der Waals surface area contributed by atoms with Crippen molar-refractivity contribution in [3.05, 3.63) is 60.3 Å². The van der Waals surface area contributed by atoms with Gasteiger partial charge in [0.05, 0.1) is 25.3 Å². The van der Waals surface area contributed by atoms with Gasteiger partial charge < -0.3 is 18.7 Å². The van der Waals surface area contributed by atoms with Crippen LogP contribution < -0.4 is 9.63 Å². The van der Waals surface area contributed by atoms with E-state index >= 15 is 0 Å². The number of ketones is 1. The number of hydrogen-bond acceptors (Lipinski definition) is 7. The lowest BCUT2D eigenvalue weighted by atomic mass is 9.93. The second-order valence-electron chi connectivity index (χ2n) is 8.37. The van der Waals surface area contributed by atoms with Crippen LogP contribution in [0.3, 0.4) is 0 Å². The smallest absolute Gasteiger partial charge is 0.268 e. The van der Waals surface area contributed by atoms with Crippen LogP contribution in [0.15, 0.2) is 54.7 Å². The van der Waals surface area contributed by atoms with E-state index in [2.05, 4.69) is 4.98 Å². The Morgan fingerprint density at radius 3 is 2.56 bits per heavy atom. The summed E-state index contributed by atoms with van der Waals surface area (Å²) in [4.78, 5) is 28.9. The van der Waals surface area contributed by atoms with Crippen LogP contribution in [0.25, 0.3) is 22.0 Å². The molecule has 0 saturated carbocycles. The first kappa shape index (κ1) is 26.0. The third-order valence-corrected chi connectivity index (χ3v) is 6.47. The van der Waals surface area contributed by atoms with E-state index < -0.39 is 13.9 Å². The number of benzene rings is 2. The number of Topliss-reactive ketones (excluding diaryl/α,β-unsaturated/α-hetero) is 1. The van der Waals surface area contributed by atoms with Crippen molar-refractivity contribution in [2.75, 3.05) is 13.7 Å². The van der Waals surface area contributed by atoms with E-state index in [1.165, 1.54) is 0 Å². The first-order valence-electron chi connectivity index (χ1n) is 11.5. The van der Waals surface area contributed by atoms with Gasteiger partial charge in [0.2, 0.25) is 0 Å². The van der Waals surface area contributed by atoms with Gasteiger partial charge >= 0.3 is 0 Å². The summed E-state index contributed by atoms with van der Waals surface area (Å²) in [7, 11) is -2.63. The molecule has 0 amide bonds. The van der Waals surface area contributed by atoms with E-state index in [1.54, 1.807) is 27.2 Å². The van der Waals surface area contributed by atoms with E-state index in [0.29, 0.717) is 25.7 Å². The molecule has 1 heterocycles. The molecule has 0 aliphatic carbocycles. The summed E-state index contributed by atoms with van der Waals surface area (Å²) in [6.45, 7) is 3.31. The fraction of sp³-hybridized carbons (Fsp3) is 0.385. The molecule has 1 unspecified atom stereocenters. The maximum Gasteiger partial charge on any atom is 0.268 e. The summed E-state index contributed by atoms with van der Waals surface area (Å²) in [5.41, 5.74) is 3.72. The van der Waals surface area contributed by atoms with Crippen molar-refractivity contribution in [2.45, 2.75) is 52.1 Å². The number of unbranched alkanes of at least 4 members (excludes halogenated alkanes) is 2. The number of phosphoric ester groups is 1. The van der Waals surface area contributed by atoms with Crippen LogP contribution in [-0.4, -0.2) is 30.6 Å². The quantitative estimate of drug-likeness (QED) is 0.234. The maximum atomic E-state index is 12.8. The molecule has 1 aromatic heterocycles. The standard InChI is InChI=1S/C26H32NO6P/c1-19(2)33-34(29,30)32-15-9-5-8-12-22(28)16-21-18-27-25-14-13-23(31-3)17-24(25)26(21)20-10-6-4-7-11-20/h4,6-7,10-11,13-14,17-19H,5,8-9,12,15-16H2,1-3H3,(H,29,30)/p-1. The highest BCUT2D eigenvalue weighted by molar-refractivity contribution is 7.45.